The van der Waals surface area contributed by atoms with E-state index in [2.05, 4.69) is 10.6 Å². The van der Waals surface area contributed by atoms with Crippen molar-refractivity contribution in [1.29, 1.82) is 0 Å². The van der Waals surface area contributed by atoms with Gasteiger partial charge in [-0.1, -0.05) is 18.2 Å². The summed E-state index contributed by atoms with van der Waals surface area (Å²) in [7, 11) is 0. The zero-order valence-electron chi connectivity index (χ0n) is 17.1. The van der Waals surface area contributed by atoms with Gasteiger partial charge in [-0.25, -0.2) is 8.78 Å². The van der Waals surface area contributed by atoms with Gasteiger partial charge in [0.1, 0.15) is 11.6 Å². The van der Waals surface area contributed by atoms with Crippen LogP contribution < -0.4 is 10.6 Å². The van der Waals surface area contributed by atoms with E-state index in [1.807, 2.05) is 30.3 Å². The van der Waals surface area contributed by atoms with E-state index >= 15 is 0 Å². The van der Waals surface area contributed by atoms with Crippen molar-refractivity contribution in [3.8, 4) is 0 Å². The summed E-state index contributed by atoms with van der Waals surface area (Å²) in [5.74, 6) is -2.52. The molecule has 1 saturated heterocycles. The van der Waals surface area contributed by atoms with E-state index in [4.69, 9.17) is 0 Å². The molecule has 164 valence electrons. The van der Waals surface area contributed by atoms with Crippen LogP contribution in [0.25, 0.3) is 0 Å². The lowest BCUT2D eigenvalue weighted by molar-refractivity contribution is -0.134. The number of para-hydroxylation sites is 1. The number of halogens is 2. The second-order valence-electron chi connectivity index (χ2n) is 7.49. The van der Waals surface area contributed by atoms with Gasteiger partial charge < -0.3 is 15.5 Å². The molecule has 0 radical (unpaired) electrons. The molecule has 0 bridgehead atoms. The number of benzene rings is 2. The van der Waals surface area contributed by atoms with Crippen LogP contribution in [-0.4, -0.2) is 42.3 Å². The fourth-order valence-electron chi connectivity index (χ4n) is 3.53. The molecular formula is C23H25F2N3O3. The number of nitrogens with one attached hydrogen (secondary N) is 2. The minimum absolute atomic E-state index is 0.0333. The summed E-state index contributed by atoms with van der Waals surface area (Å²) in [6.45, 7) is 1.23. The first-order valence-electron chi connectivity index (χ1n) is 10.3. The summed E-state index contributed by atoms with van der Waals surface area (Å²) in [4.78, 5) is 38.4. The summed E-state index contributed by atoms with van der Waals surface area (Å²) < 4.78 is 26.5. The molecular weight excluding hydrogens is 404 g/mol. The molecule has 0 atom stereocenters. The van der Waals surface area contributed by atoms with Gasteiger partial charge in [0.25, 0.3) is 5.91 Å². The molecule has 2 aromatic carbocycles. The van der Waals surface area contributed by atoms with E-state index in [-0.39, 0.29) is 36.3 Å². The zero-order chi connectivity index (χ0) is 22.2. The van der Waals surface area contributed by atoms with Crippen LogP contribution in [-0.2, 0) is 9.59 Å². The molecule has 3 rings (SSSR count). The average Bonchev–Trinajstić information content (AvgIpc) is 2.77. The highest BCUT2D eigenvalue weighted by molar-refractivity contribution is 5.94. The summed E-state index contributed by atoms with van der Waals surface area (Å²) in [5, 5.41) is 5.44. The van der Waals surface area contributed by atoms with Crippen LogP contribution >= 0.6 is 0 Å². The number of hydrogen-bond donors (Lipinski definition) is 2. The first-order chi connectivity index (χ1) is 14.9. The number of nitrogens with zero attached hydrogens (tertiary/aromatic N) is 1. The van der Waals surface area contributed by atoms with E-state index in [0.29, 0.717) is 38.4 Å². The van der Waals surface area contributed by atoms with Gasteiger partial charge in [0, 0.05) is 43.7 Å². The van der Waals surface area contributed by atoms with Crippen molar-refractivity contribution in [2.24, 2.45) is 5.92 Å². The summed E-state index contributed by atoms with van der Waals surface area (Å²) in [5.41, 5.74) is 0.525. The summed E-state index contributed by atoms with van der Waals surface area (Å²) in [6, 6.07) is 12.0. The fourth-order valence-corrected chi connectivity index (χ4v) is 3.53. The number of carbonyl (C=O) groups is 3. The average molecular weight is 429 g/mol. The third-order valence-electron chi connectivity index (χ3n) is 5.29. The largest absolute Gasteiger partial charge is 0.352 e. The molecule has 1 heterocycles. The van der Waals surface area contributed by atoms with Gasteiger partial charge in [0.2, 0.25) is 11.8 Å². The van der Waals surface area contributed by atoms with Crippen LogP contribution in [0.2, 0.25) is 0 Å². The highest BCUT2D eigenvalue weighted by Crippen LogP contribution is 2.20. The quantitative estimate of drug-likeness (QED) is 0.663. The minimum atomic E-state index is -0.923. The van der Waals surface area contributed by atoms with E-state index in [0.717, 1.165) is 17.8 Å². The number of hydrogen-bond acceptors (Lipinski definition) is 3. The highest BCUT2D eigenvalue weighted by Gasteiger charge is 2.27. The number of anilines is 1. The van der Waals surface area contributed by atoms with Crippen molar-refractivity contribution in [3.05, 3.63) is 65.7 Å². The van der Waals surface area contributed by atoms with Crippen LogP contribution in [0.15, 0.2) is 48.5 Å². The first kappa shape index (κ1) is 22.4. The van der Waals surface area contributed by atoms with Crippen LogP contribution in [0.1, 0.15) is 36.0 Å². The van der Waals surface area contributed by atoms with Crippen LogP contribution in [0, 0.1) is 17.6 Å². The molecule has 0 aromatic heterocycles. The van der Waals surface area contributed by atoms with Gasteiger partial charge in [-0.05, 0) is 43.5 Å². The van der Waals surface area contributed by atoms with Crippen molar-refractivity contribution in [2.75, 3.05) is 25.0 Å². The lowest BCUT2D eigenvalue weighted by atomic mass is 9.95. The van der Waals surface area contributed by atoms with E-state index in [1.54, 1.807) is 4.90 Å². The molecule has 1 aliphatic rings. The Balaban J connectivity index is 1.35. The van der Waals surface area contributed by atoms with Gasteiger partial charge in [0.05, 0.1) is 5.56 Å². The molecule has 8 heteroatoms. The predicted octanol–water partition coefficient (Wildman–Crippen LogP) is 3.35. The number of carbonyl (C=O) groups excluding carboxylic acids is 3. The van der Waals surface area contributed by atoms with Crippen LogP contribution in [0.5, 0.6) is 0 Å². The Morgan fingerprint density at radius 2 is 1.71 bits per heavy atom. The van der Waals surface area contributed by atoms with Crippen LogP contribution in [0.3, 0.4) is 0 Å². The topological polar surface area (TPSA) is 78.5 Å². The van der Waals surface area contributed by atoms with E-state index in [1.165, 1.54) is 0 Å². The van der Waals surface area contributed by atoms with Crippen molar-refractivity contribution < 1.29 is 23.2 Å². The molecule has 2 N–H and O–H groups in total. The minimum Gasteiger partial charge on any atom is -0.352 e. The van der Waals surface area contributed by atoms with Crippen molar-refractivity contribution in [2.45, 2.75) is 25.7 Å². The monoisotopic (exact) mass is 429 g/mol. The molecule has 0 unspecified atom stereocenters. The Morgan fingerprint density at radius 3 is 2.39 bits per heavy atom. The molecule has 6 nitrogen and oxygen atoms in total. The molecule has 0 spiro atoms. The Labute approximate surface area is 179 Å². The number of piperidine rings is 1. The van der Waals surface area contributed by atoms with Crippen LogP contribution in [0.4, 0.5) is 14.5 Å². The smallest absolute Gasteiger partial charge is 0.254 e. The Hall–Kier alpha value is -3.29. The summed E-state index contributed by atoms with van der Waals surface area (Å²) >= 11 is 0. The Morgan fingerprint density at radius 1 is 1.00 bits per heavy atom. The normalized spacial score (nSPS) is 14.2. The fraction of sp³-hybridized carbons (Fsp3) is 0.348. The second kappa shape index (κ2) is 10.7. The third-order valence-corrected chi connectivity index (χ3v) is 5.29. The molecule has 1 aliphatic heterocycles. The van der Waals surface area contributed by atoms with Crippen molar-refractivity contribution in [3.63, 3.8) is 0 Å². The second-order valence-corrected chi connectivity index (χ2v) is 7.49. The lowest BCUT2D eigenvalue weighted by Gasteiger charge is -2.31. The van der Waals surface area contributed by atoms with Gasteiger partial charge in [0.15, 0.2) is 0 Å². The first-order valence-corrected chi connectivity index (χ1v) is 10.3. The maximum atomic E-state index is 13.6. The molecule has 0 saturated carbocycles. The van der Waals surface area contributed by atoms with Crippen molar-refractivity contribution in [1.82, 2.24) is 10.2 Å². The molecule has 3 amide bonds. The van der Waals surface area contributed by atoms with E-state index < -0.39 is 17.5 Å². The van der Waals surface area contributed by atoms with Gasteiger partial charge in [-0.3, -0.25) is 14.4 Å². The number of amides is 3. The molecule has 31 heavy (non-hydrogen) atoms. The van der Waals surface area contributed by atoms with Gasteiger partial charge >= 0.3 is 0 Å². The lowest BCUT2D eigenvalue weighted by Crippen LogP contribution is -2.41. The maximum absolute atomic E-state index is 13.6. The molecule has 0 aliphatic carbocycles. The maximum Gasteiger partial charge on any atom is 0.254 e. The van der Waals surface area contributed by atoms with Crippen molar-refractivity contribution >= 4 is 23.4 Å². The van der Waals surface area contributed by atoms with Gasteiger partial charge in [-0.15, -0.1) is 0 Å². The Kier molecular flexibility index (Phi) is 7.70. The summed E-state index contributed by atoms with van der Waals surface area (Å²) in [6.07, 6.45) is 1.85. The third kappa shape index (κ3) is 6.34. The number of likely N-dealkylation sites (tertiary alicyclic amines) is 1. The van der Waals surface area contributed by atoms with E-state index in [9.17, 15) is 23.2 Å². The SMILES string of the molecule is O=C(NCCCC(=O)N1CCC(C(=O)Nc2ccccc2)CC1)c1ccc(F)cc1F. The van der Waals surface area contributed by atoms with Gasteiger partial charge in [-0.2, -0.15) is 0 Å². The molecule has 2 aromatic rings. The highest BCUT2D eigenvalue weighted by atomic mass is 19.1. The number of rotatable bonds is 7. The Bertz CT molecular complexity index is 929. The standard InChI is InChI=1S/C23H25F2N3O3/c24-17-8-9-19(20(25)15-17)23(31)26-12-4-7-21(29)28-13-10-16(11-14-28)22(30)27-18-5-2-1-3-6-18/h1-3,5-6,8-9,15-16H,4,7,10-14H2,(H,26,31)(H,27,30). The predicted molar refractivity (Wildman–Crippen MR) is 112 cm³/mol. The zero-order valence-corrected chi connectivity index (χ0v) is 17.1. The molecule has 1 fully saturated rings.